The highest BCUT2D eigenvalue weighted by Crippen LogP contribution is 2.29. The lowest BCUT2D eigenvalue weighted by molar-refractivity contribution is 0.628. The largest absolute Gasteiger partial charge is 0.405 e. The summed E-state index contributed by atoms with van der Waals surface area (Å²) in [7, 11) is 0. The molecular weight excluding hydrogens is 277 g/mol. The Balaban J connectivity index is 2.60. The molecule has 0 bridgehead atoms. The molecule has 0 saturated heterocycles. The van der Waals surface area contributed by atoms with E-state index in [1.165, 1.54) is 18.3 Å². The second-order valence-corrected chi connectivity index (χ2v) is 4.63. The molecule has 0 amide bonds. The number of hydrogen-bond donors (Lipinski definition) is 1. The van der Waals surface area contributed by atoms with Crippen molar-refractivity contribution in [2.24, 2.45) is 5.73 Å². The predicted octanol–water partition coefficient (Wildman–Crippen LogP) is 3.92. The normalized spacial score (nSPS) is 11.8. The van der Waals surface area contributed by atoms with Crippen LogP contribution in [0.5, 0.6) is 0 Å². The van der Waals surface area contributed by atoms with Crippen LogP contribution >= 0.6 is 0 Å². The monoisotopic (exact) mass is 295 g/mol. The van der Waals surface area contributed by atoms with Gasteiger partial charge in [-0.2, -0.15) is 5.10 Å². The van der Waals surface area contributed by atoms with Crippen LogP contribution in [-0.2, 0) is 6.54 Å². The number of benzene rings is 1. The molecule has 4 heteroatoms. The molecule has 0 aliphatic heterocycles. The van der Waals surface area contributed by atoms with Gasteiger partial charge < -0.3 is 5.73 Å². The lowest BCUT2D eigenvalue weighted by Crippen LogP contribution is -1.94. The lowest BCUT2D eigenvalue weighted by atomic mass is 10.0. The van der Waals surface area contributed by atoms with Crippen LogP contribution in [0.3, 0.4) is 0 Å². The molecule has 0 atom stereocenters. The van der Waals surface area contributed by atoms with Crippen molar-refractivity contribution in [3.8, 4) is 11.3 Å². The zero-order chi connectivity index (χ0) is 15.9. The first-order valence-corrected chi connectivity index (χ1v) is 6.85. The summed E-state index contributed by atoms with van der Waals surface area (Å²) in [6.45, 7) is 8.03. The molecule has 2 rings (SSSR count). The fourth-order valence-electron chi connectivity index (χ4n) is 2.15. The Labute approximate surface area is 129 Å². The number of hydrogen-bond acceptors (Lipinski definition) is 2. The van der Waals surface area contributed by atoms with E-state index < -0.39 is 0 Å². The summed E-state index contributed by atoms with van der Waals surface area (Å²) < 4.78 is 14.9. The van der Waals surface area contributed by atoms with Gasteiger partial charge in [0.15, 0.2) is 0 Å². The lowest BCUT2D eigenvalue weighted by Gasteiger charge is -2.03. The van der Waals surface area contributed by atoms with Crippen molar-refractivity contribution >= 4 is 5.57 Å². The van der Waals surface area contributed by atoms with E-state index in [0.717, 1.165) is 22.4 Å². The smallest absolute Gasteiger partial charge is 0.123 e. The van der Waals surface area contributed by atoms with Gasteiger partial charge in [0.25, 0.3) is 0 Å². The molecule has 1 aromatic heterocycles. The third-order valence-electron chi connectivity index (χ3n) is 3.08. The van der Waals surface area contributed by atoms with Crippen LogP contribution in [0.4, 0.5) is 4.39 Å². The molecule has 1 aromatic carbocycles. The number of allylic oxidation sites excluding steroid dienone is 5. The van der Waals surface area contributed by atoms with Crippen LogP contribution < -0.4 is 5.73 Å². The molecule has 3 nitrogen and oxygen atoms in total. The van der Waals surface area contributed by atoms with Gasteiger partial charge in [0, 0.05) is 17.3 Å². The molecule has 0 radical (unpaired) electrons. The predicted molar refractivity (Wildman–Crippen MR) is 89.3 cm³/mol. The molecule has 0 spiro atoms. The molecular formula is C18H18FN3. The Morgan fingerprint density at radius 3 is 2.59 bits per heavy atom. The van der Waals surface area contributed by atoms with Crippen LogP contribution in [0.2, 0.25) is 0 Å². The van der Waals surface area contributed by atoms with E-state index in [4.69, 9.17) is 5.73 Å². The first-order valence-electron chi connectivity index (χ1n) is 6.85. The molecule has 2 N–H and O–H groups in total. The molecule has 22 heavy (non-hydrogen) atoms. The van der Waals surface area contributed by atoms with Gasteiger partial charge in [-0.25, -0.2) is 4.39 Å². The second kappa shape index (κ2) is 7.22. The molecule has 0 unspecified atom stereocenters. The van der Waals surface area contributed by atoms with Crippen molar-refractivity contribution in [2.45, 2.75) is 6.54 Å². The summed E-state index contributed by atoms with van der Waals surface area (Å²) in [5, 5.41) is 4.56. The summed E-state index contributed by atoms with van der Waals surface area (Å²) in [5.74, 6) is -0.278. The Hall–Kier alpha value is -2.88. The third kappa shape index (κ3) is 3.41. The van der Waals surface area contributed by atoms with E-state index in [-0.39, 0.29) is 5.82 Å². The van der Waals surface area contributed by atoms with Crippen molar-refractivity contribution in [2.75, 3.05) is 0 Å². The van der Waals surface area contributed by atoms with Crippen LogP contribution in [-0.4, -0.2) is 9.78 Å². The zero-order valence-electron chi connectivity index (χ0n) is 12.2. The molecule has 0 fully saturated rings. The zero-order valence-corrected chi connectivity index (χ0v) is 12.2. The van der Waals surface area contributed by atoms with Gasteiger partial charge in [0.2, 0.25) is 0 Å². The van der Waals surface area contributed by atoms with E-state index in [1.54, 1.807) is 35.0 Å². The maximum atomic E-state index is 13.1. The Bertz CT molecular complexity index is 721. The number of nitrogens with zero attached hydrogens (tertiary/aromatic N) is 2. The Morgan fingerprint density at radius 2 is 2.00 bits per heavy atom. The van der Waals surface area contributed by atoms with Gasteiger partial charge in [0.05, 0.1) is 6.54 Å². The van der Waals surface area contributed by atoms with E-state index in [1.807, 2.05) is 12.3 Å². The average molecular weight is 295 g/mol. The van der Waals surface area contributed by atoms with Crippen molar-refractivity contribution < 1.29 is 4.39 Å². The highest BCUT2D eigenvalue weighted by Gasteiger charge is 2.13. The summed E-state index contributed by atoms with van der Waals surface area (Å²) in [6.07, 6.45) is 10.5. The quantitative estimate of drug-likeness (QED) is 0.648. The molecule has 2 aromatic rings. The fraction of sp³-hybridized carbons (Fsp3) is 0.0556. The van der Waals surface area contributed by atoms with E-state index >= 15 is 0 Å². The standard InChI is InChI=1S/C18H18FN3/c1-3-5-14(10-11-20)17-13-22(12-4-2)21-18(17)15-6-8-16(19)9-7-15/h3-11,13H,1-2,12,20H2/b11-10-,14-5+. The van der Waals surface area contributed by atoms with Crippen molar-refractivity contribution in [3.63, 3.8) is 0 Å². The van der Waals surface area contributed by atoms with Crippen LogP contribution in [0.1, 0.15) is 5.56 Å². The molecule has 0 saturated carbocycles. The molecule has 0 aliphatic carbocycles. The van der Waals surface area contributed by atoms with Crippen molar-refractivity contribution in [3.05, 3.63) is 85.5 Å². The average Bonchev–Trinajstić information content (AvgIpc) is 2.92. The molecule has 1 heterocycles. The summed E-state index contributed by atoms with van der Waals surface area (Å²) in [4.78, 5) is 0. The maximum absolute atomic E-state index is 13.1. The van der Waals surface area contributed by atoms with Crippen LogP contribution in [0.15, 0.2) is 74.1 Å². The van der Waals surface area contributed by atoms with Crippen molar-refractivity contribution in [1.82, 2.24) is 9.78 Å². The van der Waals surface area contributed by atoms with E-state index in [9.17, 15) is 4.39 Å². The van der Waals surface area contributed by atoms with Gasteiger partial charge in [-0.3, -0.25) is 4.68 Å². The van der Waals surface area contributed by atoms with Gasteiger partial charge in [0.1, 0.15) is 11.5 Å². The molecule has 0 aliphatic rings. The minimum absolute atomic E-state index is 0.278. The van der Waals surface area contributed by atoms with Gasteiger partial charge in [-0.05, 0) is 42.1 Å². The Morgan fingerprint density at radius 1 is 1.27 bits per heavy atom. The van der Waals surface area contributed by atoms with Crippen molar-refractivity contribution in [1.29, 1.82) is 0 Å². The molecule has 112 valence electrons. The van der Waals surface area contributed by atoms with Gasteiger partial charge in [-0.15, -0.1) is 6.58 Å². The summed E-state index contributed by atoms with van der Waals surface area (Å²) in [5.41, 5.74) is 8.89. The minimum Gasteiger partial charge on any atom is -0.405 e. The first kappa shape index (κ1) is 15.5. The number of nitrogens with two attached hydrogens (primary N) is 1. The first-order chi connectivity index (χ1) is 10.7. The van der Waals surface area contributed by atoms with Gasteiger partial charge >= 0.3 is 0 Å². The minimum atomic E-state index is -0.278. The summed E-state index contributed by atoms with van der Waals surface area (Å²) >= 11 is 0. The third-order valence-corrected chi connectivity index (χ3v) is 3.08. The highest BCUT2D eigenvalue weighted by atomic mass is 19.1. The van der Waals surface area contributed by atoms with Crippen LogP contribution in [0.25, 0.3) is 16.8 Å². The second-order valence-electron chi connectivity index (χ2n) is 4.63. The van der Waals surface area contributed by atoms with E-state index in [0.29, 0.717) is 6.54 Å². The SMILES string of the molecule is C=C/C=C(\C=C/N)c1cn(CC=C)nc1-c1ccc(F)cc1. The summed E-state index contributed by atoms with van der Waals surface area (Å²) in [6, 6.07) is 6.25. The fourth-order valence-corrected chi connectivity index (χ4v) is 2.15. The van der Waals surface area contributed by atoms with E-state index in [2.05, 4.69) is 18.3 Å². The van der Waals surface area contributed by atoms with Gasteiger partial charge in [-0.1, -0.05) is 24.8 Å². The number of rotatable bonds is 6. The number of aromatic nitrogens is 2. The number of halogens is 1. The maximum Gasteiger partial charge on any atom is 0.123 e. The topological polar surface area (TPSA) is 43.8 Å². The van der Waals surface area contributed by atoms with Crippen LogP contribution in [0, 0.1) is 5.82 Å². The highest BCUT2D eigenvalue weighted by molar-refractivity contribution is 5.84. The Kier molecular flexibility index (Phi) is 5.09.